The molecule has 6 atom stereocenters. The summed E-state index contributed by atoms with van der Waals surface area (Å²) in [4.78, 5) is 0. The van der Waals surface area contributed by atoms with Crippen molar-refractivity contribution < 1.29 is 39.7 Å². The minimum atomic E-state index is -1.48. The second kappa shape index (κ2) is 7.78. The lowest BCUT2D eigenvalue weighted by molar-refractivity contribution is -0.307. The number of aromatic hydroxyl groups is 1. The van der Waals surface area contributed by atoms with E-state index in [9.17, 15) is 25.5 Å². The summed E-state index contributed by atoms with van der Waals surface area (Å²) in [6.45, 7) is 7.07. The quantitative estimate of drug-likeness (QED) is 0.487. The summed E-state index contributed by atoms with van der Waals surface area (Å²) in [5.41, 5.74) is 2.74. The summed E-state index contributed by atoms with van der Waals surface area (Å²) in [5, 5.41) is 49.5. The van der Waals surface area contributed by atoms with Crippen molar-refractivity contribution >= 4 is 0 Å². The number of rotatable bonds is 4. The molecule has 0 radical (unpaired) electrons. The fourth-order valence-corrected chi connectivity index (χ4v) is 3.86. The number of fused-ring (bicyclic) bond motifs is 1. The van der Waals surface area contributed by atoms with E-state index in [1.807, 2.05) is 27.7 Å². The molecular formula is C20H30O8. The van der Waals surface area contributed by atoms with Crippen molar-refractivity contribution in [1.82, 2.24) is 0 Å². The highest BCUT2D eigenvalue weighted by molar-refractivity contribution is 5.58. The molecule has 1 aromatic carbocycles. The molecule has 0 bridgehead atoms. The van der Waals surface area contributed by atoms with Crippen LogP contribution in [0.4, 0.5) is 0 Å². The van der Waals surface area contributed by atoms with Gasteiger partial charge >= 0.3 is 0 Å². The molecule has 1 fully saturated rings. The van der Waals surface area contributed by atoms with Gasteiger partial charge in [-0.25, -0.2) is 0 Å². The highest BCUT2D eigenvalue weighted by Crippen LogP contribution is 2.43. The van der Waals surface area contributed by atoms with Gasteiger partial charge in [0.1, 0.15) is 41.5 Å². The van der Waals surface area contributed by atoms with E-state index in [1.165, 1.54) is 0 Å². The number of aliphatic hydroxyl groups excluding tert-OH is 4. The monoisotopic (exact) mass is 398 g/mol. The van der Waals surface area contributed by atoms with E-state index < -0.39 is 42.9 Å². The van der Waals surface area contributed by atoms with Crippen LogP contribution in [0.25, 0.3) is 0 Å². The van der Waals surface area contributed by atoms with Crippen molar-refractivity contribution in [2.45, 2.75) is 76.8 Å². The molecule has 8 nitrogen and oxygen atoms in total. The smallest absolute Gasteiger partial charge is 0.186 e. The van der Waals surface area contributed by atoms with Crippen LogP contribution in [-0.4, -0.2) is 75.1 Å². The minimum absolute atomic E-state index is 0.0769. The Bertz CT molecular complexity index is 734. The van der Waals surface area contributed by atoms with E-state index in [4.69, 9.17) is 14.2 Å². The third-order valence-electron chi connectivity index (χ3n) is 5.99. The Morgan fingerprint density at radius 3 is 2.36 bits per heavy atom. The lowest BCUT2D eigenvalue weighted by Gasteiger charge is -2.42. The van der Waals surface area contributed by atoms with Crippen LogP contribution in [0.2, 0.25) is 0 Å². The van der Waals surface area contributed by atoms with Crippen LogP contribution in [0.1, 0.15) is 35.6 Å². The first kappa shape index (κ1) is 21.3. The van der Waals surface area contributed by atoms with Crippen molar-refractivity contribution in [3.8, 4) is 11.5 Å². The summed E-state index contributed by atoms with van der Waals surface area (Å²) in [5.74, 6) is 1.03. The van der Waals surface area contributed by atoms with E-state index in [1.54, 1.807) is 0 Å². The number of benzene rings is 1. The predicted octanol–water partition coefficient (Wildman–Crippen LogP) is 0.218. The van der Waals surface area contributed by atoms with E-state index in [2.05, 4.69) is 0 Å². The molecule has 1 aromatic rings. The molecule has 0 saturated carbocycles. The average Bonchev–Trinajstić information content (AvgIpc) is 2.68. The van der Waals surface area contributed by atoms with Crippen LogP contribution >= 0.6 is 0 Å². The topological polar surface area (TPSA) is 129 Å². The number of hydrogen-bond donors (Lipinski definition) is 5. The molecule has 28 heavy (non-hydrogen) atoms. The molecule has 3 rings (SSSR count). The van der Waals surface area contributed by atoms with Gasteiger partial charge in [-0.05, 0) is 57.2 Å². The highest BCUT2D eigenvalue weighted by Gasteiger charge is 2.45. The molecule has 158 valence electrons. The van der Waals surface area contributed by atoms with Gasteiger partial charge in [-0.15, -0.1) is 0 Å². The molecule has 2 aliphatic rings. The van der Waals surface area contributed by atoms with E-state index >= 15 is 0 Å². The van der Waals surface area contributed by atoms with Gasteiger partial charge < -0.3 is 39.7 Å². The zero-order chi connectivity index (χ0) is 20.8. The van der Waals surface area contributed by atoms with Gasteiger partial charge in [0.2, 0.25) is 0 Å². The Balaban J connectivity index is 1.74. The maximum absolute atomic E-state index is 10.3. The standard InChI is InChI=1S/C20H30O8/c1-9-10(2)18-12(11(3)14(9)22)5-6-20(4,28-18)8-26-19-17(25)16(24)15(23)13(7-21)27-19/h13,15-17,19,21-25H,5-8H2,1-4H3/t13-,15+,16+,17-,19-,20?/m1/s1. The van der Waals surface area contributed by atoms with Gasteiger partial charge in [-0.2, -0.15) is 0 Å². The van der Waals surface area contributed by atoms with Crippen molar-refractivity contribution in [2.75, 3.05) is 13.2 Å². The normalized spacial score (nSPS) is 35.4. The number of phenols is 1. The zero-order valence-corrected chi connectivity index (χ0v) is 16.7. The maximum atomic E-state index is 10.3. The Morgan fingerprint density at radius 1 is 1.04 bits per heavy atom. The Hall–Kier alpha value is -1.42. The maximum Gasteiger partial charge on any atom is 0.186 e. The van der Waals surface area contributed by atoms with Crippen molar-refractivity contribution in [3.05, 3.63) is 22.3 Å². The summed E-state index contributed by atoms with van der Waals surface area (Å²) in [6.07, 6.45) is -5.23. The summed E-state index contributed by atoms with van der Waals surface area (Å²) >= 11 is 0. The molecule has 0 amide bonds. The van der Waals surface area contributed by atoms with Gasteiger partial charge in [0.05, 0.1) is 13.2 Å². The van der Waals surface area contributed by atoms with Gasteiger partial charge in [0, 0.05) is 5.56 Å². The van der Waals surface area contributed by atoms with Gasteiger partial charge in [-0.3, -0.25) is 0 Å². The van der Waals surface area contributed by atoms with Gasteiger partial charge in [0.25, 0.3) is 0 Å². The van der Waals surface area contributed by atoms with Crippen LogP contribution in [0.15, 0.2) is 0 Å². The number of ether oxygens (including phenoxy) is 3. The second-order valence-corrected chi connectivity index (χ2v) is 8.09. The molecule has 2 aliphatic heterocycles. The first-order valence-corrected chi connectivity index (χ1v) is 9.52. The predicted molar refractivity (Wildman–Crippen MR) is 99.4 cm³/mol. The second-order valence-electron chi connectivity index (χ2n) is 8.09. The van der Waals surface area contributed by atoms with Crippen molar-refractivity contribution in [2.24, 2.45) is 0 Å². The van der Waals surface area contributed by atoms with Crippen molar-refractivity contribution in [3.63, 3.8) is 0 Å². The molecule has 0 aliphatic carbocycles. The first-order valence-electron chi connectivity index (χ1n) is 9.52. The molecule has 5 N–H and O–H groups in total. The molecular weight excluding hydrogens is 368 g/mol. The number of aliphatic hydroxyl groups is 4. The molecule has 1 saturated heterocycles. The largest absolute Gasteiger partial charge is 0.507 e. The fraction of sp³-hybridized carbons (Fsp3) is 0.700. The number of phenolic OH excluding ortho intramolecular Hbond substituents is 1. The van der Waals surface area contributed by atoms with Crippen molar-refractivity contribution in [1.29, 1.82) is 0 Å². The Kier molecular flexibility index (Phi) is 5.91. The van der Waals surface area contributed by atoms with E-state index in [-0.39, 0.29) is 6.61 Å². The third kappa shape index (κ3) is 3.60. The van der Waals surface area contributed by atoms with Crippen LogP contribution in [0, 0.1) is 20.8 Å². The van der Waals surface area contributed by atoms with E-state index in [0.717, 1.165) is 28.0 Å². The van der Waals surface area contributed by atoms with Crippen LogP contribution in [0.5, 0.6) is 11.5 Å². The Morgan fingerprint density at radius 2 is 1.71 bits per heavy atom. The van der Waals surface area contributed by atoms with Crippen LogP contribution < -0.4 is 4.74 Å². The summed E-state index contributed by atoms with van der Waals surface area (Å²) in [6, 6.07) is 0. The zero-order valence-electron chi connectivity index (χ0n) is 16.7. The molecule has 0 spiro atoms. The third-order valence-corrected chi connectivity index (χ3v) is 5.99. The van der Waals surface area contributed by atoms with Crippen LogP contribution in [0.3, 0.4) is 0 Å². The lowest BCUT2D eigenvalue weighted by Crippen LogP contribution is -2.60. The molecule has 8 heteroatoms. The highest BCUT2D eigenvalue weighted by atomic mass is 16.7. The molecule has 0 aromatic heterocycles. The first-order chi connectivity index (χ1) is 13.1. The molecule has 2 heterocycles. The number of hydrogen-bond acceptors (Lipinski definition) is 8. The van der Waals surface area contributed by atoms with E-state index in [0.29, 0.717) is 18.6 Å². The SMILES string of the molecule is Cc1c(C)c2c(c(C)c1O)CCC(C)(CO[C@@H]1O[C@H](CO)[C@H](O)[C@H](O)[C@H]1O)O2. The lowest BCUT2D eigenvalue weighted by atomic mass is 9.87. The summed E-state index contributed by atoms with van der Waals surface area (Å²) < 4.78 is 17.4. The fourth-order valence-electron chi connectivity index (χ4n) is 3.86. The Labute approximate surface area is 164 Å². The average molecular weight is 398 g/mol. The minimum Gasteiger partial charge on any atom is -0.507 e. The van der Waals surface area contributed by atoms with Gasteiger partial charge in [-0.1, -0.05) is 0 Å². The summed E-state index contributed by atoms with van der Waals surface area (Å²) in [7, 11) is 0. The van der Waals surface area contributed by atoms with Gasteiger partial charge in [0.15, 0.2) is 6.29 Å². The van der Waals surface area contributed by atoms with Crippen LogP contribution in [-0.2, 0) is 15.9 Å². The molecule has 1 unspecified atom stereocenters.